The molecule has 0 spiro atoms. The largest absolute Gasteiger partial charge is 0.357 e. The van der Waals surface area contributed by atoms with Gasteiger partial charge in [0.25, 0.3) is 0 Å². The molecule has 0 radical (unpaired) electrons. The Labute approximate surface area is 131 Å². The second kappa shape index (κ2) is 9.04. The number of anilines is 1. The third kappa shape index (κ3) is 6.04. The van der Waals surface area contributed by atoms with Crippen LogP contribution in [0.3, 0.4) is 0 Å². The Hall–Kier alpha value is -1.09. The second-order valence-corrected chi connectivity index (χ2v) is 6.44. The van der Waals surface area contributed by atoms with Crippen molar-refractivity contribution in [3.05, 3.63) is 23.4 Å². The van der Waals surface area contributed by atoms with E-state index < -0.39 is 0 Å². The monoisotopic (exact) mass is 291 g/mol. The summed E-state index contributed by atoms with van der Waals surface area (Å²) in [4.78, 5) is 7.13. The molecule has 0 bridgehead atoms. The normalized spacial score (nSPS) is 12.7. The smallest absolute Gasteiger partial charge is 0.129 e. The third-order valence-corrected chi connectivity index (χ3v) is 3.88. The first-order valence-electron chi connectivity index (χ1n) is 8.41. The van der Waals surface area contributed by atoms with Crippen LogP contribution in [0, 0.1) is 5.92 Å². The van der Waals surface area contributed by atoms with E-state index in [1.807, 2.05) is 0 Å². The van der Waals surface area contributed by atoms with Gasteiger partial charge in [0.05, 0.1) is 0 Å². The fraction of sp³-hybridized carbons (Fsp3) is 0.722. The molecule has 21 heavy (non-hydrogen) atoms. The summed E-state index contributed by atoms with van der Waals surface area (Å²) in [6.07, 6.45) is 3.35. The minimum absolute atomic E-state index is 0.515. The first kappa shape index (κ1) is 18.0. The lowest BCUT2D eigenvalue weighted by atomic mass is 10.0. The SMILES string of the molecule is CCCNCc1cc(CC)nc(N(C)C(C)CC(C)C)c1. The predicted octanol–water partition coefficient (Wildman–Crippen LogP) is 4.01. The van der Waals surface area contributed by atoms with Crippen LogP contribution in [0.4, 0.5) is 5.82 Å². The first-order valence-corrected chi connectivity index (χ1v) is 8.41. The number of nitrogens with one attached hydrogen (secondary N) is 1. The molecule has 0 aliphatic rings. The van der Waals surface area contributed by atoms with Crippen molar-refractivity contribution < 1.29 is 0 Å². The van der Waals surface area contributed by atoms with Crippen LogP contribution in [-0.4, -0.2) is 24.6 Å². The summed E-state index contributed by atoms with van der Waals surface area (Å²) in [6.45, 7) is 13.2. The molecule has 0 amide bonds. The van der Waals surface area contributed by atoms with Crippen molar-refractivity contribution in [2.24, 2.45) is 5.92 Å². The van der Waals surface area contributed by atoms with Gasteiger partial charge >= 0.3 is 0 Å². The van der Waals surface area contributed by atoms with Crippen LogP contribution in [0.25, 0.3) is 0 Å². The number of hydrogen-bond acceptors (Lipinski definition) is 3. The van der Waals surface area contributed by atoms with E-state index in [1.54, 1.807) is 0 Å². The van der Waals surface area contributed by atoms with Gasteiger partial charge in [0, 0.05) is 25.3 Å². The quantitative estimate of drug-likeness (QED) is 0.697. The molecule has 1 unspecified atom stereocenters. The van der Waals surface area contributed by atoms with Gasteiger partial charge in [-0.2, -0.15) is 0 Å². The Bertz CT molecular complexity index is 415. The molecule has 1 aromatic heterocycles. The topological polar surface area (TPSA) is 28.2 Å². The fourth-order valence-electron chi connectivity index (χ4n) is 2.57. The molecule has 3 heteroatoms. The van der Waals surface area contributed by atoms with E-state index in [0.29, 0.717) is 12.0 Å². The van der Waals surface area contributed by atoms with Gasteiger partial charge < -0.3 is 10.2 Å². The van der Waals surface area contributed by atoms with Crippen molar-refractivity contribution in [1.82, 2.24) is 10.3 Å². The predicted molar refractivity (Wildman–Crippen MR) is 92.9 cm³/mol. The average molecular weight is 291 g/mol. The molecule has 1 aromatic rings. The summed E-state index contributed by atoms with van der Waals surface area (Å²) in [6, 6.07) is 4.98. The third-order valence-electron chi connectivity index (χ3n) is 3.88. The van der Waals surface area contributed by atoms with Gasteiger partial charge in [-0.25, -0.2) is 4.98 Å². The molecule has 0 aliphatic heterocycles. The average Bonchev–Trinajstić information content (AvgIpc) is 2.45. The van der Waals surface area contributed by atoms with Gasteiger partial charge in [-0.1, -0.05) is 27.7 Å². The highest BCUT2D eigenvalue weighted by Gasteiger charge is 2.14. The molecule has 0 saturated heterocycles. The fourth-order valence-corrected chi connectivity index (χ4v) is 2.57. The molecule has 1 atom stereocenters. The molecule has 120 valence electrons. The van der Waals surface area contributed by atoms with Crippen molar-refractivity contribution in [2.75, 3.05) is 18.5 Å². The molecule has 1 heterocycles. The van der Waals surface area contributed by atoms with E-state index in [-0.39, 0.29) is 0 Å². The number of aryl methyl sites for hydroxylation is 1. The maximum Gasteiger partial charge on any atom is 0.129 e. The second-order valence-electron chi connectivity index (χ2n) is 6.44. The van der Waals surface area contributed by atoms with Crippen LogP contribution in [0.5, 0.6) is 0 Å². The van der Waals surface area contributed by atoms with Gasteiger partial charge in [0.2, 0.25) is 0 Å². The summed E-state index contributed by atoms with van der Waals surface area (Å²) >= 11 is 0. The Balaban J connectivity index is 2.86. The lowest BCUT2D eigenvalue weighted by molar-refractivity contribution is 0.501. The highest BCUT2D eigenvalue weighted by atomic mass is 15.2. The van der Waals surface area contributed by atoms with E-state index in [9.17, 15) is 0 Å². The van der Waals surface area contributed by atoms with Crippen LogP contribution >= 0.6 is 0 Å². The number of aromatic nitrogens is 1. The maximum absolute atomic E-state index is 4.81. The van der Waals surface area contributed by atoms with Crippen molar-refractivity contribution >= 4 is 5.82 Å². The molecule has 0 fully saturated rings. The highest BCUT2D eigenvalue weighted by molar-refractivity contribution is 5.43. The highest BCUT2D eigenvalue weighted by Crippen LogP contribution is 2.19. The van der Waals surface area contributed by atoms with Gasteiger partial charge in [0.15, 0.2) is 0 Å². The minimum atomic E-state index is 0.515. The van der Waals surface area contributed by atoms with Crippen LogP contribution < -0.4 is 10.2 Å². The van der Waals surface area contributed by atoms with E-state index in [4.69, 9.17) is 4.98 Å². The Morgan fingerprint density at radius 3 is 2.48 bits per heavy atom. The van der Waals surface area contributed by atoms with E-state index in [0.717, 1.165) is 25.3 Å². The van der Waals surface area contributed by atoms with Gasteiger partial charge in [-0.15, -0.1) is 0 Å². The first-order chi connectivity index (χ1) is 9.97. The molecule has 1 rings (SSSR count). The van der Waals surface area contributed by atoms with Crippen molar-refractivity contribution in [3.63, 3.8) is 0 Å². The lowest BCUT2D eigenvalue weighted by Crippen LogP contribution is -2.31. The Morgan fingerprint density at radius 1 is 1.19 bits per heavy atom. The summed E-state index contributed by atoms with van der Waals surface area (Å²) in [5, 5.41) is 3.48. The van der Waals surface area contributed by atoms with E-state index in [1.165, 1.54) is 24.1 Å². The minimum Gasteiger partial charge on any atom is -0.357 e. The number of pyridine rings is 1. The molecule has 0 aromatic carbocycles. The molecule has 0 aliphatic carbocycles. The number of rotatable bonds is 9. The summed E-state index contributed by atoms with van der Waals surface area (Å²) in [5.74, 6) is 1.82. The van der Waals surface area contributed by atoms with Crippen molar-refractivity contribution in [1.29, 1.82) is 0 Å². The van der Waals surface area contributed by atoms with Gasteiger partial charge in [0.1, 0.15) is 5.82 Å². The van der Waals surface area contributed by atoms with E-state index >= 15 is 0 Å². The van der Waals surface area contributed by atoms with Crippen LogP contribution in [0.2, 0.25) is 0 Å². The Kier molecular flexibility index (Phi) is 7.73. The van der Waals surface area contributed by atoms with Crippen LogP contribution in [0.1, 0.15) is 58.7 Å². The molecule has 0 saturated carbocycles. The van der Waals surface area contributed by atoms with Crippen molar-refractivity contribution in [2.45, 2.75) is 66.5 Å². The lowest BCUT2D eigenvalue weighted by Gasteiger charge is -2.28. The van der Waals surface area contributed by atoms with Crippen LogP contribution in [0.15, 0.2) is 12.1 Å². The van der Waals surface area contributed by atoms with Gasteiger partial charge in [-0.05, 0) is 56.3 Å². The molecular formula is C18H33N3. The summed E-state index contributed by atoms with van der Waals surface area (Å²) in [7, 11) is 2.16. The molecular weight excluding hydrogens is 258 g/mol. The van der Waals surface area contributed by atoms with Crippen molar-refractivity contribution in [3.8, 4) is 0 Å². The van der Waals surface area contributed by atoms with Crippen LogP contribution in [-0.2, 0) is 13.0 Å². The zero-order chi connectivity index (χ0) is 15.8. The summed E-state index contributed by atoms with van der Waals surface area (Å²) < 4.78 is 0. The number of hydrogen-bond donors (Lipinski definition) is 1. The standard InChI is InChI=1S/C18H33N3/c1-7-9-19-13-16-11-17(8-2)20-18(12-16)21(6)15(5)10-14(3)4/h11-12,14-15,19H,7-10,13H2,1-6H3. The maximum atomic E-state index is 4.81. The zero-order valence-electron chi connectivity index (χ0n) is 14.7. The van der Waals surface area contributed by atoms with E-state index in [2.05, 4.69) is 64.0 Å². The molecule has 1 N–H and O–H groups in total. The number of nitrogens with zero attached hydrogens (tertiary/aromatic N) is 2. The molecule has 3 nitrogen and oxygen atoms in total. The zero-order valence-corrected chi connectivity index (χ0v) is 14.7. The Morgan fingerprint density at radius 2 is 1.90 bits per heavy atom. The van der Waals surface area contributed by atoms with Gasteiger partial charge in [-0.3, -0.25) is 0 Å². The summed E-state index contributed by atoms with van der Waals surface area (Å²) in [5.41, 5.74) is 2.53.